The van der Waals surface area contributed by atoms with Crippen LogP contribution in [0.2, 0.25) is 0 Å². The van der Waals surface area contributed by atoms with Crippen molar-refractivity contribution in [1.82, 2.24) is 0 Å². The average molecular weight is 811 g/mol. The fourth-order valence-corrected chi connectivity index (χ4v) is 13.1. The summed E-state index contributed by atoms with van der Waals surface area (Å²) >= 11 is 0. The van der Waals surface area contributed by atoms with Gasteiger partial charge < -0.3 is 64.2 Å². The maximum absolute atomic E-state index is 14.6. The highest BCUT2D eigenvalue weighted by molar-refractivity contribution is 5.86. The van der Waals surface area contributed by atoms with Gasteiger partial charge in [0.25, 0.3) is 0 Å². The molecular formula is C42H66O15. The second-order valence-electron chi connectivity index (χ2n) is 19.9. The van der Waals surface area contributed by atoms with E-state index in [9.17, 15) is 45.3 Å². The second-order valence-corrected chi connectivity index (χ2v) is 19.9. The number of aliphatic hydroxyl groups is 7. The number of aliphatic hydroxyl groups excluding tert-OH is 7. The minimum absolute atomic E-state index is 0.0908. The van der Waals surface area contributed by atoms with Crippen LogP contribution in [0.25, 0.3) is 0 Å². The minimum Gasteiger partial charge on any atom is -0.457 e. The minimum atomic E-state index is -1.64. The van der Waals surface area contributed by atoms with Gasteiger partial charge >= 0.3 is 11.9 Å². The summed E-state index contributed by atoms with van der Waals surface area (Å²) in [6.07, 6.45) is -8.62. The zero-order valence-corrected chi connectivity index (χ0v) is 34.6. The number of fused-ring (bicyclic) bond motifs is 7. The van der Waals surface area contributed by atoms with Gasteiger partial charge in [0.15, 0.2) is 18.2 Å². The first-order chi connectivity index (χ1) is 26.6. The van der Waals surface area contributed by atoms with E-state index in [4.69, 9.17) is 28.4 Å². The summed E-state index contributed by atoms with van der Waals surface area (Å²) in [5, 5.41) is 74.3. The smallest absolute Gasteiger partial charge is 0.314 e. The zero-order chi connectivity index (χ0) is 41.8. The van der Waals surface area contributed by atoms with Gasteiger partial charge in [-0.05, 0) is 100 Å². The molecule has 15 heteroatoms. The molecule has 7 N–H and O–H groups in total. The van der Waals surface area contributed by atoms with E-state index < -0.39 is 114 Å². The molecule has 4 heterocycles. The van der Waals surface area contributed by atoms with Crippen LogP contribution >= 0.6 is 0 Å². The van der Waals surface area contributed by atoms with Crippen molar-refractivity contribution in [3.05, 3.63) is 11.6 Å². The Morgan fingerprint density at radius 3 is 2.14 bits per heavy atom. The van der Waals surface area contributed by atoms with Crippen molar-refractivity contribution in [3.8, 4) is 0 Å². The summed E-state index contributed by atoms with van der Waals surface area (Å²) in [5.41, 5.74) is -2.64. The number of carbonyl (C=O) groups is 2. The van der Waals surface area contributed by atoms with Gasteiger partial charge in [-0.15, -0.1) is 0 Å². The lowest BCUT2D eigenvalue weighted by Crippen LogP contribution is -2.72. The largest absolute Gasteiger partial charge is 0.457 e. The van der Waals surface area contributed by atoms with E-state index in [0.29, 0.717) is 25.7 Å². The lowest BCUT2D eigenvalue weighted by molar-refractivity contribution is -0.344. The Morgan fingerprint density at radius 2 is 1.47 bits per heavy atom. The highest BCUT2D eigenvalue weighted by Gasteiger charge is 2.77. The molecule has 0 amide bonds. The van der Waals surface area contributed by atoms with Crippen molar-refractivity contribution < 1.29 is 73.8 Å². The molecule has 324 valence electrons. The Labute approximate surface area is 335 Å². The molecule has 15 nitrogen and oxygen atoms in total. The Kier molecular flexibility index (Phi) is 11.4. The van der Waals surface area contributed by atoms with Crippen LogP contribution in [0, 0.1) is 45.3 Å². The van der Waals surface area contributed by atoms with Crippen molar-refractivity contribution in [1.29, 1.82) is 0 Å². The zero-order valence-electron chi connectivity index (χ0n) is 34.6. The number of allylic oxidation sites excluding steroid dienone is 1. The fourth-order valence-electron chi connectivity index (χ4n) is 13.1. The van der Waals surface area contributed by atoms with E-state index in [0.717, 1.165) is 24.8 Å². The molecule has 7 fully saturated rings. The number of rotatable bonds is 8. The third-order valence-corrected chi connectivity index (χ3v) is 16.6. The summed E-state index contributed by atoms with van der Waals surface area (Å²) < 4.78 is 36.1. The van der Waals surface area contributed by atoms with Crippen LogP contribution in [0.1, 0.15) is 100 Å². The maximum atomic E-state index is 14.6. The molecule has 4 saturated heterocycles. The van der Waals surface area contributed by atoms with Gasteiger partial charge in [-0.1, -0.05) is 39.3 Å². The lowest BCUT2D eigenvalue weighted by Gasteiger charge is -2.71. The van der Waals surface area contributed by atoms with Gasteiger partial charge in [0.1, 0.15) is 54.7 Å². The lowest BCUT2D eigenvalue weighted by atomic mass is 9.34. The summed E-state index contributed by atoms with van der Waals surface area (Å²) in [6, 6.07) is 0. The van der Waals surface area contributed by atoms with Crippen molar-refractivity contribution in [2.75, 3.05) is 13.2 Å². The normalized spacial score (nSPS) is 53.0. The van der Waals surface area contributed by atoms with Crippen molar-refractivity contribution in [2.24, 2.45) is 45.3 Å². The molecule has 3 aliphatic carbocycles. The van der Waals surface area contributed by atoms with Crippen LogP contribution in [0.5, 0.6) is 0 Å². The molecule has 4 aliphatic heterocycles. The molecule has 20 atom stereocenters. The summed E-state index contributed by atoms with van der Waals surface area (Å²) in [4.78, 5) is 28.4. The molecule has 3 saturated carbocycles. The number of carbonyl (C=O) groups excluding carboxylic acids is 2. The first-order valence-corrected chi connectivity index (χ1v) is 20.9. The maximum Gasteiger partial charge on any atom is 0.314 e. The highest BCUT2D eigenvalue weighted by atomic mass is 16.7. The molecule has 0 spiro atoms. The van der Waals surface area contributed by atoms with Crippen LogP contribution in [0.4, 0.5) is 0 Å². The molecule has 7 rings (SSSR count). The SMILES string of the molecule is CC(C)=CC[C@H]1OC(=O)[C@H]2[C@H]3CC[C@@H]4[C@@]5(C)CC[C@H](O[C@@H]6O[C@H](CO[C@@H]7O[C@@H](C)[C@H](O)[C@@H](O)[C@H]7O)[C@@H](O)[C@H](O)[C@H]6O)C(C)(C)[C@@H]5CC[C@@]4(C)[C@]3(C)C(=O)O[C@]12CO. The van der Waals surface area contributed by atoms with Gasteiger partial charge in [-0.3, -0.25) is 9.59 Å². The fraction of sp³-hybridized carbons (Fsp3) is 0.905. The predicted molar refractivity (Wildman–Crippen MR) is 199 cm³/mol. The molecule has 0 unspecified atom stereocenters. The Morgan fingerprint density at radius 1 is 0.807 bits per heavy atom. The third kappa shape index (κ3) is 6.39. The van der Waals surface area contributed by atoms with E-state index in [2.05, 4.69) is 27.7 Å². The Bertz CT molecular complexity index is 1570. The quantitative estimate of drug-likeness (QED) is 0.105. The van der Waals surface area contributed by atoms with E-state index >= 15 is 0 Å². The molecule has 0 aromatic heterocycles. The Balaban J connectivity index is 1.08. The third-order valence-electron chi connectivity index (χ3n) is 16.6. The summed E-state index contributed by atoms with van der Waals surface area (Å²) in [5.74, 6) is -1.70. The van der Waals surface area contributed by atoms with Gasteiger partial charge in [0.2, 0.25) is 0 Å². The predicted octanol–water partition coefficient (Wildman–Crippen LogP) is 1.48. The van der Waals surface area contributed by atoms with Crippen LogP contribution in [-0.2, 0) is 38.0 Å². The average Bonchev–Trinajstić information content (AvgIpc) is 3.43. The molecular weight excluding hydrogens is 744 g/mol. The molecule has 0 aromatic rings. The van der Waals surface area contributed by atoms with Crippen molar-refractivity contribution >= 4 is 11.9 Å². The highest BCUT2D eigenvalue weighted by Crippen LogP contribution is 2.75. The summed E-state index contributed by atoms with van der Waals surface area (Å²) in [6.45, 7) is 15.3. The summed E-state index contributed by atoms with van der Waals surface area (Å²) in [7, 11) is 0. The number of esters is 2. The first-order valence-electron chi connectivity index (χ1n) is 20.9. The second kappa shape index (κ2) is 15.0. The molecule has 0 bridgehead atoms. The van der Waals surface area contributed by atoms with Gasteiger partial charge in [-0.2, -0.15) is 0 Å². The monoisotopic (exact) mass is 810 g/mol. The van der Waals surface area contributed by atoms with Crippen LogP contribution in [-0.4, -0.2) is 140 Å². The molecule has 0 aromatic carbocycles. The molecule has 57 heavy (non-hydrogen) atoms. The van der Waals surface area contributed by atoms with Gasteiger partial charge in [0.05, 0.1) is 30.8 Å². The van der Waals surface area contributed by atoms with Crippen LogP contribution in [0.3, 0.4) is 0 Å². The first kappa shape index (κ1) is 43.3. The number of hydrogen-bond acceptors (Lipinski definition) is 15. The number of cyclic esters (lactones) is 1. The standard InChI is InChI=1S/C42H66O15/c1-19(2)9-12-26-42(18-43)27(34(50)55-26)21-10-11-24-39(6)15-14-25(38(4,5)23(39)13-16-40(24,7)41(21,8)37(51)57-42)56-36-33(49)31(47)29(45)22(54-36)17-52-35-32(48)30(46)28(44)20(3)53-35/h9,20-33,35-36,43-49H,10-18H2,1-8H3/t20-,21+,22+,23-,24+,25-,26+,27+,28-,29+,30+,31-,32+,33+,35+,36-,39-,40+,41-,42+/m0/s1. The van der Waals surface area contributed by atoms with E-state index in [1.54, 1.807) is 0 Å². The number of ether oxygens (including phenoxy) is 6. The van der Waals surface area contributed by atoms with E-state index in [1.807, 2.05) is 26.8 Å². The van der Waals surface area contributed by atoms with Gasteiger partial charge in [-0.25, -0.2) is 0 Å². The Hall–Kier alpha value is -1.76. The van der Waals surface area contributed by atoms with Crippen molar-refractivity contribution in [2.45, 2.75) is 180 Å². The van der Waals surface area contributed by atoms with E-state index in [-0.39, 0.29) is 35.7 Å². The van der Waals surface area contributed by atoms with Crippen LogP contribution in [0.15, 0.2) is 11.6 Å². The topological polar surface area (TPSA) is 231 Å². The van der Waals surface area contributed by atoms with Crippen LogP contribution < -0.4 is 0 Å². The molecule has 0 radical (unpaired) electrons. The molecule has 7 aliphatic rings. The van der Waals surface area contributed by atoms with Crippen molar-refractivity contribution in [3.63, 3.8) is 0 Å². The number of hydrogen-bond donors (Lipinski definition) is 7. The van der Waals surface area contributed by atoms with Gasteiger partial charge in [0, 0.05) is 6.42 Å². The van der Waals surface area contributed by atoms with E-state index in [1.165, 1.54) is 6.92 Å².